The van der Waals surface area contributed by atoms with E-state index in [2.05, 4.69) is 29.9 Å². The SMILES string of the molecule is COc1cccc([C@H](C)c2ncc[nH]2)c1C. The predicted molar refractivity (Wildman–Crippen MR) is 63.8 cm³/mol. The van der Waals surface area contributed by atoms with Crippen molar-refractivity contribution in [1.29, 1.82) is 0 Å². The first-order valence-corrected chi connectivity index (χ1v) is 5.36. The van der Waals surface area contributed by atoms with Crippen LogP contribution in [0.1, 0.15) is 29.8 Å². The Labute approximate surface area is 95.5 Å². The molecular formula is C13H16N2O. The number of ether oxygens (including phenoxy) is 1. The Morgan fingerprint density at radius 3 is 2.81 bits per heavy atom. The highest BCUT2D eigenvalue weighted by Crippen LogP contribution is 2.29. The average Bonchev–Trinajstić information content (AvgIpc) is 2.82. The van der Waals surface area contributed by atoms with Crippen molar-refractivity contribution in [2.24, 2.45) is 0 Å². The number of imidazole rings is 1. The lowest BCUT2D eigenvalue weighted by Gasteiger charge is -2.14. The van der Waals surface area contributed by atoms with Crippen LogP contribution in [0.15, 0.2) is 30.6 Å². The van der Waals surface area contributed by atoms with E-state index in [-0.39, 0.29) is 5.92 Å². The van der Waals surface area contributed by atoms with Crippen LogP contribution in [0.4, 0.5) is 0 Å². The fourth-order valence-electron chi connectivity index (χ4n) is 1.98. The number of methoxy groups -OCH3 is 1. The van der Waals surface area contributed by atoms with Gasteiger partial charge in [0, 0.05) is 18.3 Å². The van der Waals surface area contributed by atoms with E-state index in [1.807, 2.05) is 18.3 Å². The third-order valence-electron chi connectivity index (χ3n) is 2.94. The van der Waals surface area contributed by atoms with Crippen molar-refractivity contribution in [3.63, 3.8) is 0 Å². The van der Waals surface area contributed by atoms with E-state index in [0.717, 1.165) is 11.6 Å². The van der Waals surface area contributed by atoms with Crippen molar-refractivity contribution >= 4 is 0 Å². The number of nitrogens with zero attached hydrogens (tertiary/aromatic N) is 1. The van der Waals surface area contributed by atoms with Crippen LogP contribution in [-0.2, 0) is 0 Å². The van der Waals surface area contributed by atoms with Gasteiger partial charge in [0.05, 0.1) is 7.11 Å². The minimum Gasteiger partial charge on any atom is -0.496 e. The molecule has 1 heterocycles. The van der Waals surface area contributed by atoms with Gasteiger partial charge >= 0.3 is 0 Å². The first-order chi connectivity index (χ1) is 7.74. The molecule has 0 amide bonds. The number of nitrogens with one attached hydrogen (secondary N) is 1. The van der Waals surface area contributed by atoms with E-state index in [0.29, 0.717) is 0 Å². The average molecular weight is 216 g/mol. The third kappa shape index (κ3) is 1.81. The highest BCUT2D eigenvalue weighted by molar-refractivity contribution is 5.42. The molecule has 3 heteroatoms. The summed E-state index contributed by atoms with van der Waals surface area (Å²) in [5.41, 5.74) is 2.42. The van der Waals surface area contributed by atoms with Crippen molar-refractivity contribution in [3.8, 4) is 5.75 Å². The lowest BCUT2D eigenvalue weighted by molar-refractivity contribution is 0.411. The Balaban J connectivity index is 2.41. The molecule has 2 rings (SSSR count). The summed E-state index contributed by atoms with van der Waals surface area (Å²) in [6, 6.07) is 6.11. The topological polar surface area (TPSA) is 37.9 Å². The summed E-state index contributed by atoms with van der Waals surface area (Å²) in [7, 11) is 1.70. The van der Waals surface area contributed by atoms with Crippen LogP contribution in [0.3, 0.4) is 0 Å². The molecule has 0 fully saturated rings. The van der Waals surface area contributed by atoms with E-state index in [4.69, 9.17) is 4.74 Å². The van der Waals surface area contributed by atoms with Crippen molar-refractivity contribution in [2.45, 2.75) is 19.8 Å². The standard InChI is InChI=1S/C13H16N2O/c1-9-11(5-4-6-12(9)16-3)10(2)13-14-7-8-15-13/h4-8,10H,1-3H3,(H,14,15)/t10-/m0/s1. The van der Waals surface area contributed by atoms with E-state index in [1.54, 1.807) is 13.3 Å². The second-order valence-corrected chi connectivity index (χ2v) is 3.87. The van der Waals surface area contributed by atoms with Gasteiger partial charge in [-0.1, -0.05) is 19.1 Å². The molecule has 0 radical (unpaired) electrons. The van der Waals surface area contributed by atoms with E-state index < -0.39 is 0 Å². The van der Waals surface area contributed by atoms with Gasteiger partial charge in [0.25, 0.3) is 0 Å². The minimum atomic E-state index is 0.255. The molecule has 0 bridgehead atoms. The fraction of sp³-hybridized carbons (Fsp3) is 0.308. The van der Waals surface area contributed by atoms with Crippen LogP contribution in [-0.4, -0.2) is 17.1 Å². The van der Waals surface area contributed by atoms with Gasteiger partial charge in [-0.25, -0.2) is 4.98 Å². The summed E-state index contributed by atoms with van der Waals surface area (Å²) in [5, 5.41) is 0. The molecule has 1 N–H and O–H groups in total. The highest BCUT2D eigenvalue weighted by Gasteiger charge is 2.14. The molecule has 16 heavy (non-hydrogen) atoms. The lowest BCUT2D eigenvalue weighted by Crippen LogP contribution is -2.02. The largest absolute Gasteiger partial charge is 0.496 e. The summed E-state index contributed by atoms with van der Waals surface area (Å²) in [6.45, 7) is 4.22. The van der Waals surface area contributed by atoms with Gasteiger partial charge in [-0.05, 0) is 24.1 Å². The molecule has 0 saturated heterocycles. The number of hydrogen-bond acceptors (Lipinski definition) is 2. The normalized spacial score (nSPS) is 12.4. The number of hydrogen-bond donors (Lipinski definition) is 1. The van der Waals surface area contributed by atoms with Gasteiger partial charge in [-0.3, -0.25) is 0 Å². The van der Waals surface area contributed by atoms with E-state index in [1.165, 1.54) is 11.1 Å². The third-order valence-corrected chi connectivity index (χ3v) is 2.94. The fourth-order valence-corrected chi connectivity index (χ4v) is 1.98. The zero-order valence-corrected chi connectivity index (χ0v) is 9.82. The number of rotatable bonds is 3. The predicted octanol–water partition coefficient (Wildman–Crippen LogP) is 2.88. The Morgan fingerprint density at radius 1 is 1.38 bits per heavy atom. The number of aromatic amines is 1. The zero-order chi connectivity index (χ0) is 11.5. The van der Waals surface area contributed by atoms with Gasteiger partial charge in [-0.15, -0.1) is 0 Å². The maximum absolute atomic E-state index is 5.32. The number of aromatic nitrogens is 2. The molecule has 0 aliphatic heterocycles. The molecule has 0 spiro atoms. The summed E-state index contributed by atoms with van der Waals surface area (Å²) in [6.07, 6.45) is 3.63. The van der Waals surface area contributed by atoms with Gasteiger partial charge in [0.2, 0.25) is 0 Å². The molecule has 0 aliphatic rings. The number of benzene rings is 1. The van der Waals surface area contributed by atoms with E-state index in [9.17, 15) is 0 Å². The quantitative estimate of drug-likeness (QED) is 0.856. The summed E-state index contributed by atoms with van der Waals surface area (Å²) in [5.74, 6) is 2.16. The van der Waals surface area contributed by atoms with Gasteiger partial charge < -0.3 is 9.72 Å². The lowest BCUT2D eigenvalue weighted by atomic mass is 9.95. The maximum Gasteiger partial charge on any atom is 0.122 e. The Bertz CT molecular complexity index is 463. The first kappa shape index (κ1) is 10.7. The van der Waals surface area contributed by atoms with Crippen LogP contribution in [0.5, 0.6) is 5.75 Å². The van der Waals surface area contributed by atoms with Crippen LogP contribution in [0.2, 0.25) is 0 Å². The minimum absolute atomic E-state index is 0.255. The Kier molecular flexibility index (Phi) is 2.95. The van der Waals surface area contributed by atoms with Crippen molar-refractivity contribution in [1.82, 2.24) is 9.97 Å². The molecule has 84 valence electrons. The first-order valence-electron chi connectivity index (χ1n) is 5.36. The van der Waals surface area contributed by atoms with Gasteiger partial charge in [0.1, 0.15) is 11.6 Å². The van der Waals surface area contributed by atoms with E-state index >= 15 is 0 Å². The molecular weight excluding hydrogens is 200 g/mol. The van der Waals surface area contributed by atoms with Crippen LogP contribution < -0.4 is 4.74 Å². The molecule has 1 aromatic carbocycles. The van der Waals surface area contributed by atoms with Crippen molar-refractivity contribution in [3.05, 3.63) is 47.5 Å². The summed E-state index contributed by atoms with van der Waals surface area (Å²) < 4.78 is 5.32. The Morgan fingerprint density at radius 2 is 2.19 bits per heavy atom. The highest BCUT2D eigenvalue weighted by atomic mass is 16.5. The van der Waals surface area contributed by atoms with Gasteiger partial charge in [-0.2, -0.15) is 0 Å². The van der Waals surface area contributed by atoms with Crippen molar-refractivity contribution < 1.29 is 4.74 Å². The second-order valence-electron chi connectivity index (χ2n) is 3.87. The zero-order valence-electron chi connectivity index (χ0n) is 9.82. The smallest absolute Gasteiger partial charge is 0.122 e. The van der Waals surface area contributed by atoms with Gasteiger partial charge in [0.15, 0.2) is 0 Å². The molecule has 0 unspecified atom stereocenters. The second kappa shape index (κ2) is 4.39. The molecule has 3 nitrogen and oxygen atoms in total. The summed E-state index contributed by atoms with van der Waals surface area (Å²) in [4.78, 5) is 7.44. The molecule has 0 aliphatic carbocycles. The molecule has 1 aromatic heterocycles. The van der Waals surface area contributed by atoms with Crippen LogP contribution >= 0.6 is 0 Å². The monoisotopic (exact) mass is 216 g/mol. The summed E-state index contributed by atoms with van der Waals surface area (Å²) >= 11 is 0. The van der Waals surface area contributed by atoms with Crippen molar-refractivity contribution in [2.75, 3.05) is 7.11 Å². The van der Waals surface area contributed by atoms with Crippen LogP contribution in [0, 0.1) is 6.92 Å². The molecule has 0 saturated carbocycles. The van der Waals surface area contributed by atoms with Crippen LogP contribution in [0.25, 0.3) is 0 Å². The molecule has 2 aromatic rings. The molecule has 1 atom stereocenters. The Hall–Kier alpha value is -1.77. The maximum atomic E-state index is 5.32. The number of H-pyrrole nitrogens is 1.